The molecule has 5 nitrogen and oxygen atoms in total. The molecule has 0 spiro atoms. The van der Waals surface area contributed by atoms with Gasteiger partial charge in [0.2, 0.25) is 0 Å². The van der Waals surface area contributed by atoms with E-state index in [1.54, 1.807) is 31.2 Å². The Kier molecular flexibility index (Phi) is 4.58. The Labute approximate surface area is 149 Å². The zero-order chi connectivity index (χ0) is 18.5. The number of aryl methyl sites for hydroxylation is 1. The third-order valence-electron chi connectivity index (χ3n) is 6.12. The molecule has 6 heteroatoms. The van der Waals surface area contributed by atoms with E-state index >= 15 is 0 Å². The van der Waals surface area contributed by atoms with Gasteiger partial charge < -0.3 is 5.11 Å². The number of aliphatic hydroxyl groups is 1. The first-order valence-corrected chi connectivity index (χ1v) is 10.2. The monoisotopic (exact) mass is 366 g/mol. The smallest absolute Gasteiger partial charge is 0.297 e. The van der Waals surface area contributed by atoms with Gasteiger partial charge in [-0.3, -0.25) is 8.98 Å². The van der Waals surface area contributed by atoms with Gasteiger partial charge in [-0.2, -0.15) is 8.42 Å². The lowest BCUT2D eigenvalue weighted by molar-refractivity contribution is -0.166. The summed E-state index contributed by atoms with van der Waals surface area (Å²) in [6, 6.07) is 6.58. The van der Waals surface area contributed by atoms with Crippen LogP contribution in [0.25, 0.3) is 0 Å². The zero-order valence-electron chi connectivity index (χ0n) is 15.0. The molecule has 1 aromatic rings. The van der Waals surface area contributed by atoms with E-state index < -0.39 is 27.2 Å². The van der Waals surface area contributed by atoms with Crippen LogP contribution in [0.5, 0.6) is 0 Å². The van der Waals surface area contributed by atoms with Gasteiger partial charge in [-0.1, -0.05) is 24.6 Å². The lowest BCUT2D eigenvalue weighted by Crippen LogP contribution is -2.58. The molecule has 0 unspecified atom stereocenters. The van der Waals surface area contributed by atoms with Crippen LogP contribution in [0.4, 0.5) is 0 Å². The van der Waals surface area contributed by atoms with Gasteiger partial charge in [-0.15, -0.1) is 0 Å². The van der Waals surface area contributed by atoms with Gasteiger partial charge in [-0.05, 0) is 45.2 Å². The number of carbonyl (C=O) groups is 1. The third-order valence-corrected chi connectivity index (χ3v) is 7.46. The van der Waals surface area contributed by atoms with Crippen molar-refractivity contribution >= 4 is 15.9 Å². The summed E-state index contributed by atoms with van der Waals surface area (Å²) in [4.78, 5) is 12.1. The first-order chi connectivity index (χ1) is 11.5. The molecule has 0 radical (unpaired) electrons. The standard InChI is InChI=1S/C19H26O5S/c1-13-4-6-15(7-5-13)25(22,23)24-17-9-11-19(3,21)16-12-14(20)8-10-18(16,17)2/h4-7,16-17,21H,8-12H2,1-3H3/t16-,17-,18-,19+/m0/s1. The Bertz CT molecular complexity index is 766. The van der Waals surface area contributed by atoms with Crippen LogP contribution in [0.2, 0.25) is 0 Å². The minimum Gasteiger partial charge on any atom is -0.390 e. The van der Waals surface area contributed by atoms with Crippen molar-refractivity contribution < 1.29 is 22.5 Å². The number of benzene rings is 1. The number of carbonyl (C=O) groups excluding carboxylic acids is 1. The predicted molar refractivity (Wildman–Crippen MR) is 93.6 cm³/mol. The molecule has 0 aromatic heterocycles. The molecule has 2 aliphatic rings. The van der Waals surface area contributed by atoms with E-state index in [4.69, 9.17) is 4.18 Å². The van der Waals surface area contributed by atoms with Gasteiger partial charge in [-0.25, -0.2) is 0 Å². The van der Waals surface area contributed by atoms with Gasteiger partial charge in [0.15, 0.2) is 0 Å². The summed E-state index contributed by atoms with van der Waals surface area (Å²) < 4.78 is 31.1. The quantitative estimate of drug-likeness (QED) is 0.832. The van der Waals surface area contributed by atoms with Crippen LogP contribution in [0.3, 0.4) is 0 Å². The molecule has 1 N–H and O–H groups in total. The van der Waals surface area contributed by atoms with Gasteiger partial charge in [0.05, 0.1) is 16.6 Å². The maximum absolute atomic E-state index is 12.7. The molecular formula is C19H26O5S. The lowest BCUT2D eigenvalue weighted by atomic mass is 9.54. The molecule has 2 aliphatic carbocycles. The van der Waals surface area contributed by atoms with Crippen molar-refractivity contribution in [3.05, 3.63) is 29.8 Å². The fourth-order valence-corrected chi connectivity index (χ4v) is 5.66. The van der Waals surface area contributed by atoms with Crippen LogP contribution in [-0.4, -0.2) is 31.0 Å². The summed E-state index contributed by atoms with van der Waals surface area (Å²) >= 11 is 0. The van der Waals surface area contributed by atoms with Crippen LogP contribution >= 0.6 is 0 Å². The molecule has 138 valence electrons. The highest BCUT2D eigenvalue weighted by Crippen LogP contribution is 2.54. The van der Waals surface area contributed by atoms with Crippen molar-refractivity contribution in [3.63, 3.8) is 0 Å². The average Bonchev–Trinajstić information content (AvgIpc) is 2.53. The SMILES string of the molecule is Cc1ccc(S(=O)(=O)O[C@H]2CC[C@@](C)(O)[C@H]3CC(=O)CC[C@]23C)cc1. The van der Waals surface area contributed by atoms with E-state index in [1.165, 1.54) is 0 Å². The average molecular weight is 366 g/mol. The Hall–Kier alpha value is -1.24. The fraction of sp³-hybridized carbons (Fsp3) is 0.632. The number of fused-ring (bicyclic) bond motifs is 1. The summed E-state index contributed by atoms with van der Waals surface area (Å²) in [5.41, 5.74) is -0.531. The highest BCUT2D eigenvalue weighted by atomic mass is 32.2. The highest BCUT2D eigenvalue weighted by molar-refractivity contribution is 7.86. The number of Topliss-reactive ketones (excluding diaryl/α,β-unsaturated/α-hetero) is 1. The van der Waals surface area contributed by atoms with Crippen LogP contribution in [0.15, 0.2) is 29.2 Å². The van der Waals surface area contributed by atoms with Crippen molar-refractivity contribution in [1.29, 1.82) is 0 Å². The molecule has 0 aliphatic heterocycles. The molecule has 0 heterocycles. The van der Waals surface area contributed by atoms with Gasteiger partial charge >= 0.3 is 0 Å². The molecule has 3 rings (SSSR count). The van der Waals surface area contributed by atoms with Gasteiger partial charge in [0, 0.05) is 24.2 Å². The molecule has 4 atom stereocenters. The van der Waals surface area contributed by atoms with Crippen molar-refractivity contribution in [3.8, 4) is 0 Å². The van der Waals surface area contributed by atoms with E-state index in [0.717, 1.165) is 5.56 Å². The molecule has 0 bridgehead atoms. The Morgan fingerprint density at radius 1 is 1.16 bits per heavy atom. The second-order valence-electron chi connectivity index (χ2n) is 8.05. The summed E-state index contributed by atoms with van der Waals surface area (Å²) in [7, 11) is -3.88. The Morgan fingerprint density at radius 3 is 2.44 bits per heavy atom. The fourth-order valence-electron chi connectivity index (χ4n) is 4.46. The maximum Gasteiger partial charge on any atom is 0.297 e. The maximum atomic E-state index is 12.7. The van der Waals surface area contributed by atoms with Crippen LogP contribution in [0, 0.1) is 18.3 Å². The minimum absolute atomic E-state index is 0.129. The second kappa shape index (κ2) is 6.18. The van der Waals surface area contributed by atoms with E-state index in [1.807, 2.05) is 13.8 Å². The molecular weight excluding hydrogens is 340 g/mol. The summed E-state index contributed by atoms with van der Waals surface area (Å²) in [6.45, 7) is 5.59. The molecule has 2 saturated carbocycles. The Morgan fingerprint density at radius 2 is 1.80 bits per heavy atom. The molecule has 0 amide bonds. The summed E-state index contributed by atoms with van der Waals surface area (Å²) in [6.07, 6.45) is 1.59. The minimum atomic E-state index is -3.88. The van der Waals surface area contributed by atoms with Crippen molar-refractivity contribution in [2.75, 3.05) is 0 Å². The first kappa shape index (κ1) is 18.5. The molecule has 1 aromatic carbocycles. The van der Waals surface area contributed by atoms with Crippen molar-refractivity contribution in [2.24, 2.45) is 11.3 Å². The normalized spacial score (nSPS) is 36.1. The second-order valence-corrected chi connectivity index (χ2v) is 9.62. The molecule has 0 saturated heterocycles. The van der Waals surface area contributed by atoms with Gasteiger partial charge in [0.1, 0.15) is 5.78 Å². The number of rotatable bonds is 3. The van der Waals surface area contributed by atoms with E-state index in [-0.39, 0.29) is 23.0 Å². The summed E-state index contributed by atoms with van der Waals surface area (Å²) in [5, 5.41) is 10.8. The predicted octanol–water partition coefficient (Wildman–Crippen LogP) is 2.99. The summed E-state index contributed by atoms with van der Waals surface area (Å²) in [5.74, 6) is -0.155. The van der Waals surface area contributed by atoms with Crippen LogP contribution in [-0.2, 0) is 19.1 Å². The topological polar surface area (TPSA) is 80.7 Å². The number of hydrogen-bond donors (Lipinski definition) is 1. The Balaban J connectivity index is 1.89. The number of ketones is 1. The third kappa shape index (κ3) is 3.39. The largest absolute Gasteiger partial charge is 0.390 e. The zero-order valence-corrected chi connectivity index (χ0v) is 15.8. The molecule has 25 heavy (non-hydrogen) atoms. The number of hydrogen-bond acceptors (Lipinski definition) is 5. The first-order valence-electron chi connectivity index (χ1n) is 8.79. The highest BCUT2D eigenvalue weighted by Gasteiger charge is 2.56. The lowest BCUT2D eigenvalue weighted by Gasteiger charge is -2.55. The van der Waals surface area contributed by atoms with Crippen molar-refractivity contribution in [2.45, 2.75) is 69.5 Å². The van der Waals surface area contributed by atoms with E-state index in [9.17, 15) is 18.3 Å². The van der Waals surface area contributed by atoms with Crippen LogP contribution < -0.4 is 0 Å². The van der Waals surface area contributed by atoms with Crippen LogP contribution in [0.1, 0.15) is 51.5 Å². The molecule has 2 fully saturated rings. The van der Waals surface area contributed by atoms with Crippen molar-refractivity contribution in [1.82, 2.24) is 0 Å². The van der Waals surface area contributed by atoms with E-state index in [2.05, 4.69) is 0 Å². The van der Waals surface area contributed by atoms with Gasteiger partial charge in [0.25, 0.3) is 10.1 Å². The van der Waals surface area contributed by atoms with E-state index in [0.29, 0.717) is 25.7 Å².